The molecule has 2 rings (SSSR count). The van der Waals surface area contributed by atoms with Crippen molar-refractivity contribution in [3.63, 3.8) is 0 Å². The Hall–Kier alpha value is -1.06. The number of ketones is 1. The Balaban J connectivity index is 2.42. The van der Waals surface area contributed by atoms with Crippen LogP contribution in [0.4, 0.5) is 0 Å². The fourth-order valence-electron chi connectivity index (χ4n) is 1.10. The number of carbonyl (C=O) groups excluding carboxylic acids is 1. The predicted octanol–water partition coefficient (Wildman–Crippen LogP) is 3.53. The van der Waals surface area contributed by atoms with E-state index in [0.717, 1.165) is 5.56 Å². The topological polar surface area (TPSA) is 30.2 Å². The Morgan fingerprint density at radius 3 is 2.86 bits per heavy atom. The Morgan fingerprint density at radius 1 is 1.57 bits per heavy atom. The van der Waals surface area contributed by atoms with Gasteiger partial charge in [0.2, 0.25) is 5.78 Å². The van der Waals surface area contributed by atoms with Crippen LogP contribution in [0, 0.1) is 6.92 Å². The highest BCUT2D eigenvalue weighted by Crippen LogP contribution is 2.29. The summed E-state index contributed by atoms with van der Waals surface area (Å²) in [5.41, 5.74) is 0.923. The average molecular weight is 227 g/mol. The minimum absolute atomic E-state index is 0.155. The lowest BCUT2D eigenvalue weighted by Gasteiger charge is -1.93. The molecule has 2 aromatic heterocycles. The summed E-state index contributed by atoms with van der Waals surface area (Å²) < 4.78 is 5.01. The maximum atomic E-state index is 11.8. The van der Waals surface area contributed by atoms with Gasteiger partial charge in [0.15, 0.2) is 5.76 Å². The van der Waals surface area contributed by atoms with Crippen LogP contribution in [0.1, 0.15) is 21.0 Å². The first kappa shape index (κ1) is 9.49. The summed E-state index contributed by atoms with van der Waals surface area (Å²) in [6.07, 6.45) is 1.47. The van der Waals surface area contributed by atoms with Crippen molar-refractivity contribution in [3.8, 4) is 0 Å². The number of halogens is 1. The molecule has 0 aliphatic rings. The third-order valence-corrected chi connectivity index (χ3v) is 3.55. The van der Waals surface area contributed by atoms with Gasteiger partial charge >= 0.3 is 0 Å². The lowest BCUT2D eigenvalue weighted by Crippen LogP contribution is -1.96. The van der Waals surface area contributed by atoms with Crippen molar-refractivity contribution in [2.75, 3.05) is 0 Å². The summed E-state index contributed by atoms with van der Waals surface area (Å²) >= 11 is 7.31. The summed E-state index contributed by atoms with van der Waals surface area (Å²) in [7, 11) is 0. The molecule has 0 spiro atoms. The largest absolute Gasteiger partial charge is 0.461 e. The molecule has 72 valence electrons. The third kappa shape index (κ3) is 1.49. The summed E-state index contributed by atoms with van der Waals surface area (Å²) in [6, 6.07) is 3.31. The van der Waals surface area contributed by atoms with E-state index in [1.54, 1.807) is 12.1 Å². The molecule has 14 heavy (non-hydrogen) atoms. The van der Waals surface area contributed by atoms with Crippen molar-refractivity contribution in [1.82, 2.24) is 0 Å². The number of aryl methyl sites for hydroxylation is 1. The second-order valence-electron chi connectivity index (χ2n) is 2.87. The standard InChI is InChI=1S/C10H7ClO2S/c1-6-5-14-10(8(6)11)9(12)7-3-2-4-13-7/h2-5H,1H3. The second kappa shape index (κ2) is 3.59. The van der Waals surface area contributed by atoms with E-state index in [1.165, 1.54) is 17.6 Å². The lowest BCUT2D eigenvalue weighted by molar-refractivity contribution is 0.101. The minimum Gasteiger partial charge on any atom is -0.461 e. The fourth-order valence-corrected chi connectivity index (χ4v) is 2.33. The lowest BCUT2D eigenvalue weighted by atomic mass is 10.2. The van der Waals surface area contributed by atoms with Crippen LogP contribution in [0.2, 0.25) is 5.02 Å². The molecule has 0 N–H and O–H groups in total. The van der Waals surface area contributed by atoms with E-state index in [-0.39, 0.29) is 5.78 Å². The zero-order valence-electron chi connectivity index (χ0n) is 7.41. The minimum atomic E-state index is -0.155. The van der Waals surface area contributed by atoms with Gasteiger partial charge in [-0.3, -0.25) is 4.79 Å². The van der Waals surface area contributed by atoms with Gasteiger partial charge in [0.05, 0.1) is 16.2 Å². The molecular formula is C10H7ClO2S. The molecule has 0 saturated heterocycles. The van der Waals surface area contributed by atoms with Crippen LogP contribution < -0.4 is 0 Å². The second-order valence-corrected chi connectivity index (χ2v) is 4.13. The van der Waals surface area contributed by atoms with Gasteiger partial charge in [0, 0.05) is 0 Å². The average Bonchev–Trinajstić information content (AvgIpc) is 2.77. The van der Waals surface area contributed by atoms with Gasteiger partial charge in [-0.1, -0.05) is 11.6 Å². The quantitative estimate of drug-likeness (QED) is 0.734. The van der Waals surface area contributed by atoms with Gasteiger partial charge < -0.3 is 4.42 Å². The normalized spacial score (nSPS) is 10.4. The van der Waals surface area contributed by atoms with Crippen molar-refractivity contribution in [3.05, 3.63) is 45.0 Å². The predicted molar refractivity (Wildman–Crippen MR) is 56.2 cm³/mol. The first-order valence-corrected chi connectivity index (χ1v) is 5.27. The molecule has 0 radical (unpaired) electrons. The molecule has 0 unspecified atom stereocenters. The van der Waals surface area contributed by atoms with Crippen LogP contribution in [0.15, 0.2) is 28.2 Å². The smallest absolute Gasteiger partial charge is 0.239 e. The van der Waals surface area contributed by atoms with Gasteiger partial charge in [-0.25, -0.2) is 0 Å². The number of hydrogen-bond donors (Lipinski definition) is 0. The van der Waals surface area contributed by atoms with Crippen LogP contribution in [0.5, 0.6) is 0 Å². The van der Waals surface area contributed by atoms with Crippen molar-refractivity contribution in [1.29, 1.82) is 0 Å². The van der Waals surface area contributed by atoms with Crippen LogP contribution in [0.3, 0.4) is 0 Å². The first-order valence-electron chi connectivity index (χ1n) is 4.02. The van der Waals surface area contributed by atoms with Crippen molar-refractivity contribution >= 4 is 28.7 Å². The number of thiophene rings is 1. The molecule has 0 fully saturated rings. The van der Waals surface area contributed by atoms with Crippen LogP contribution in [-0.4, -0.2) is 5.78 Å². The molecule has 0 atom stereocenters. The fraction of sp³-hybridized carbons (Fsp3) is 0.100. The van der Waals surface area contributed by atoms with Gasteiger partial charge in [-0.2, -0.15) is 0 Å². The van der Waals surface area contributed by atoms with E-state index in [9.17, 15) is 4.79 Å². The molecule has 2 heterocycles. The number of rotatable bonds is 2. The van der Waals surface area contributed by atoms with Crippen LogP contribution in [-0.2, 0) is 0 Å². The molecule has 0 aliphatic carbocycles. The molecule has 0 saturated carbocycles. The van der Waals surface area contributed by atoms with Crippen LogP contribution >= 0.6 is 22.9 Å². The van der Waals surface area contributed by atoms with E-state index in [2.05, 4.69) is 0 Å². The van der Waals surface area contributed by atoms with Gasteiger partial charge in [0.25, 0.3) is 0 Å². The molecule has 4 heteroatoms. The zero-order chi connectivity index (χ0) is 10.1. The summed E-state index contributed by atoms with van der Waals surface area (Å²) in [6.45, 7) is 1.87. The number of carbonyl (C=O) groups is 1. The Bertz CT molecular complexity index is 456. The van der Waals surface area contributed by atoms with E-state index in [4.69, 9.17) is 16.0 Å². The number of hydrogen-bond acceptors (Lipinski definition) is 3. The van der Waals surface area contributed by atoms with Crippen molar-refractivity contribution < 1.29 is 9.21 Å². The van der Waals surface area contributed by atoms with E-state index in [1.807, 2.05) is 12.3 Å². The van der Waals surface area contributed by atoms with Crippen molar-refractivity contribution in [2.45, 2.75) is 6.92 Å². The van der Waals surface area contributed by atoms with Gasteiger partial charge in [0.1, 0.15) is 0 Å². The maximum absolute atomic E-state index is 11.8. The Kier molecular flexibility index (Phi) is 2.44. The van der Waals surface area contributed by atoms with Gasteiger partial charge in [-0.15, -0.1) is 11.3 Å². The number of furan rings is 1. The van der Waals surface area contributed by atoms with E-state index >= 15 is 0 Å². The highest BCUT2D eigenvalue weighted by atomic mass is 35.5. The molecule has 0 aliphatic heterocycles. The SMILES string of the molecule is Cc1csc(C(=O)c2ccco2)c1Cl. The molecule has 2 aromatic rings. The summed E-state index contributed by atoms with van der Waals surface area (Å²) in [4.78, 5) is 12.3. The van der Waals surface area contributed by atoms with E-state index < -0.39 is 0 Å². The highest BCUT2D eigenvalue weighted by Gasteiger charge is 2.18. The van der Waals surface area contributed by atoms with Crippen molar-refractivity contribution in [2.24, 2.45) is 0 Å². The zero-order valence-corrected chi connectivity index (χ0v) is 8.98. The molecule has 0 aromatic carbocycles. The molecule has 0 amide bonds. The van der Waals surface area contributed by atoms with Gasteiger partial charge in [-0.05, 0) is 30.0 Å². The highest BCUT2D eigenvalue weighted by molar-refractivity contribution is 7.13. The molecular weight excluding hydrogens is 220 g/mol. The summed E-state index contributed by atoms with van der Waals surface area (Å²) in [5.74, 6) is 0.173. The van der Waals surface area contributed by atoms with E-state index in [0.29, 0.717) is 15.7 Å². The van der Waals surface area contributed by atoms with Crippen LogP contribution in [0.25, 0.3) is 0 Å². The molecule has 2 nitrogen and oxygen atoms in total. The monoisotopic (exact) mass is 226 g/mol. The summed E-state index contributed by atoms with van der Waals surface area (Å²) in [5, 5.41) is 2.38. The Morgan fingerprint density at radius 2 is 2.36 bits per heavy atom. The molecule has 0 bridgehead atoms. The Labute approximate surface area is 90.1 Å². The third-order valence-electron chi connectivity index (χ3n) is 1.85. The first-order chi connectivity index (χ1) is 6.70. The maximum Gasteiger partial charge on any atom is 0.239 e.